The van der Waals surface area contributed by atoms with Gasteiger partial charge < -0.3 is 10.7 Å². The third kappa shape index (κ3) is 3.33. The van der Waals surface area contributed by atoms with Gasteiger partial charge in [-0.15, -0.1) is 0 Å². The molecule has 0 amide bonds. The summed E-state index contributed by atoms with van der Waals surface area (Å²) in [5.41, 5.74) is 5.66. The van der Waals surface area contributed by atoms with Crippen LogP contribution in [0.4, 0.5) is 17.3 Å². The van der Waals surface area contributed by atoms with Gasteiger partial charge in [0.25, 0.3) is 0 Å². The highest BCUT2D eigenvalue weighted by Gasteiger charge is 2.13. The molecule has 6 heteroatoms. The Morgan fingerprint density at radius 2 is 1.76 bits per heavy atom. The molecule has 0 atom stereocenters. The van der Waals surface area contributed by atoms with Crippen LogP contribution in [0.3, 0.4) is 0 Å². The highest BCUT2D eigenvalue weighted by atomic mass is 79.9. The van der Waals surface area contributed by atoms with Crippen molar-refractivity contribution in [2.45, 2.75) is 33.6 Å². The Balaban J connectivity index is 2.48. The fraction of sp³-hybridized carbons (Fsp3) is 0.333. The van der Waals surface area contributed by atoms with E-state index in [2.05, 4.69) is 50.5 Å². The molecule has 1 aromatic heterocycles. The second kappa shape index (κ2) is 6.41. The maximum atomic E-state index is 5.56. The van der Waals surface area contributed by atoms with E-state index >= 15 is 0 Å². The number of rotatable bonds is 4. The number of nitrogen functional groups attached to an aromatic ring is 1. The predicted molar refractivity (Wildman–Crippen MR) is 90.8 cm³/mol. The van der Waals surface area contributed by atoms with E-state index in [1.807, 2.05) is 32.0 Å². The maximum Gasteiger partial charge on any atom is 0.148 e. The first kappa shape index (κ1) is 15.7. The SMILES string of the molecule is Cc1c(Br)cccc1Nc1nc(C(C)C)nc(NN)c1C. The van der Waals surface area contributed by atoms with Crippen LogP contribution in [0.15, 0.2) is 22.7 Å². The van der Waals surface area contributed by atoms with Gasteiger partial charge in [-0.1, -0.05) is 35.8 Å². The number of hydrazine groups is 1. The zero-order valence-corrected chi connectivity index (χ0v) is 14.2. The van der Waals surface area contributed by atoms with Crippen molar-refractivity contribution >= 4 is 33.3 Å². The van der Waals surface area contributed by atoms with Crippen molar-refractivity contribution < 1.29 is 0 Å². The molecule has 0 aliphatic heterocycles. The highest BCUT2D eigenvalue weighted by molar-refractivity contribution is 9.10. The molecule has 1 aromatic carbocycles. The van der Waals surface area contributed by atoms with Crippen LogP contribution in [-0.4, -0.2) is 9.97 Å². The Labute approximate surface area is 133 Å². The quantitative estimate of drug-likeness (QED) is 0.574. The number of aromatic nitrogens is 2. The number of hydrogen-bond acceptors (Lipinski definition) is 5. The van der Waals surface area contributed by atoms with Crippen LogP contribution < -0.4 is 16.6 Å². The average molecular weight is 350 g/mol. The van der Waals surface area contributed by atoms with E-state index in [-0.39, 0.29) is 5.92 Å². The number of halogens is 1. The van der Waals surface area contributed by atoms with Crippen LogP contribution in [0.2, 0.25) is 0 Å². The van der Waals surface area contributed by atoms with E-state index in [1.165, 1.54) is 0 Å². The Bertz CT molecular complexity index is 655. The summed E-state index contributed by atoms with van der Waals surface area (Å²) in [6.45, 7) is 8.10. The number of nitrogens with one attached hydrogen (secondary N) is 2. The van der Waals surface area contributed by atoms with Crippen LogP contribution in [-0.2, 0) is 0 Å². The van der Waals surface area contributed by atoms with Gasteiger partial charge in [-0.3, -0.25) is 0 Å². The standard InChI is InChI=1S/C15H20BrN5/c1-8(2)13-19-14(10(4)15(20-13)21-17)18-12-7-5-6-11(16)9(12)3/h5-8H,17H2,1-4H3,(H2,18,19,20,21). The Kier molecular flexibility index (Phi) is 4.80. The van der Waals surface area contributed by atoms with E-state index in [0.29, 0.717) is 5.82 Å². The molecule has 5 nitrogen and oxygen atoms in total. The Hall–Kier alpha value is -1.66. The van der Waals surface area contributed by atoms with Crippen LogP contribution >= 0.6 is 15.9 Å². The smallest absolute Gasteiger partial charge is 0.148 e. The van der Waals surface area contributed by atoms with Gasteiger partial charge in [0.2, 0.25) is 0 Å². The minimum absolute atomic E-state index is 0.224. The summed E-state index contributed by atoms with van der Waals surface area (Å²) >= 11 is 3.54. The van der Waals surface area contributed by atoms with E-state index in [1.54, 1.807) is 0 Å². The van der Waals surface area contributed by atoms with Crippen molar-refractivity contribution in [2.75, 3.05) is 10.7 Å². The molecular formula is C15H20BrN5. The van der Waals surface area contributed by atoms with Crippen LogP contribution in [0.1, 0.15) is 36.7 Å². The molecule has 0 fully saturated rings. The van der Waals surface area contributed by atoms with Crippen molar-refractivity contribution in [3.8, 4) is 0 Å². The Morgan fingerprint density at radius 3 is 2.38 bits per heavy atom. The van der Waals surface area contributed by atoms with Gasteiger partial charge >= 0.3 is 0 Å². The lowest BCUT2D eigenvalue weighted by molar-refractivity contribution is 0.774. The summed E-state index contributed by atoms with van der Waals surface area (Å²) in [6, 6.07) is 6.02. The fourth-order valence-corrected chi connectivity index (χ4v) is 2.29. The third-order valence-electron chi connectivity index (χ3n) is 3.34. The molecule has 112 valence electrons. The molecule has 0 radical (unpaired) electrons. The molecule has 0 bridgehead atoms. The van der Waals surface area contributed by atoms with Gasteiger partial charge in [0.05, 0.1) is 0 Å². The topological polar surface area (TPSA) is 75.9 Å². The number of benzene rings is 1. The van der Waals surface area contributed by atoms with Crippen molar-refractivity contribution in [2.24, 2.45) is 5.84 Å². The number of anilines is 3. The number of nitrogens with zero attached hydrogens (tertiary/aromatic N) is 2. The first-order valence-electron chi connectivity index (χ1n) is 6.81. The lowest BCUT2D eigenvalue weighted by Gasteiger charge is -2.16. The second-order valence-electron chi connectivity index (χ2n) is 5.24. The lowest BCUT2D eigenvalue weighted by atomic mass is 10.1. The zero-order chi connectivity index (χ0) is 15.6. The summed E-state index contributed by atoms with van der Waals surface area (Å²) in [7, 11) is 0. The molecule has 2 aromatic rings. The molecule has 21 heavy (non-hydrogen) atoms. The molecule has 0 saturated carbocycles. The average Bonchev–Trinajstić information content (AvgIpc) is 2.45. The van der Waals surface area contributed by atoms with E-state index in [9.17, 15) is 0 Å². The second-order valence-corrected chi connectivity index (χ2v) is 6.09. The summed E-state index contributed by atoms with van der Waals surface area (Å²) in [6.07, 6.45) is 0. The predicted octanol–water partition coefficient (Wildman–Crippen LogP) is 4.01. The number of nitrogens with two attached hydrogens (primary N) is 1. The van der Waals surface area contributed by atoms with Crippen LogP contribution in [0.5, 0.6) is 0 Å². The van der Waals surface area contributed by atoms with Crippen molar-refractivity contribution in [3.05, 3.63) is 39.6 Å². The van der Waals surface area contributed by atoms with Gasteiger partial charge in [0, 0.05) is 21.6 Å². The monoisotopic (exact) mass is 349 g/mol. The van der Waals surface area contributed by atoms with Crippen LogP contribution in [0, 0.1) is 13.8 Å². The first-order valence-corrected chi connectivity index (χ1v) is 7.60. The molecule has 0 spiro atoms. The van der Waals surface area contributed by atoms with Gasteiger partial charge in [-0.2, -0.15) is 0 Å². The molecule has 2 rings (SSSR count). The van der Waals surface area contributed by atoms with Crippen molar-refractivity contribution in [3.63, 3.8) is 0 Å². The molecule has 1 heterocycles. The highest BCUT2D eigenvalue weighted by Crippen LogP contribution is 2.29. The van der Waals surface area contributed by atoms with E-state index in [0.717, 1.165) is 32.9 Å². The van der Waals surface area contributed by atoms with Gasteiger partial charge in [0.15, 0.2) is 0 Å². The molecule has 0 unspecified atom stereocenters. The molecular weight excluding hydrogens is 330 g/mol. The normalized spacial score (nSPS) is 10.8. The molecule has 0 aliphatic carbocycles. The van der Waals surface area contributed by atoms with E-state index < -0.39 is 0 Å². The first-order chi connectivity index (χ1) is 9.93. The summed E-state index contributed by atoms with van der Waals surface area (Å²) < 4.78 is 1.06. The minimum Gasteiger partial charge on any atom is -0.340 e. The Morgan fingerprint density at radius 1 is 1.10 bits per heavy atom. The third-order valence-corrected chi connectivity index (χ3v) is 4.20. The minimum atomic E-state index is 0.224. The van der Waals surface area contributed by atoms with Crippen molar-refractivity contribution in [1.82, 2.24) is 9.97 Å². The molecule has 4 N–H and O–H groups in total. The number of hydrogen-bond donors (Lipinski definition) is 3. The van der Waals surface area contributed by atoms with Gasteiger partial charge in [0.1, 0.15) is 17.5 Å². The zero-order valence-electron chi connectivity index (χ0n) is 12.7. The summed E-state index contributed by atoms with van der Waals surface area (Å²) in [4.78, 5) is 9.05. The molecule has 0 aliphatic rings. The molecule has 0 saturated heterocycles. The van der Waals surface area contributed by atoms with Crippen LogP contribution in [0.25, 0.3) is 0 Å². The summed E-state index contributed by atoms with van der Waals surface area (Å²) in [5.74, 6) is 7.95. The fourth-order valence-electron chi connectivity index (χ4n) is 1.92. The summed E-state index contributed by atoms with van der Waals surface area (Å²) in [5, 5.41) is 3.37. The van der Waals surface area contributed by atoms with Crippen molar-refractivity contribution in [1.29, 1.82) is 0 Å². The maximum absolute atomic E-state index is 5.56. The van der Waals surface area contributed by atoms with Gasteiger partial charge in [-0.05, 0) is 31.5 Å². The largest absolute Gasteiger partial charge is 0.340 e. The van der Waals surface area contributed by atoms with Gasteiger partial charge in [-0.25, -0.2) is 15.8 Å². The van der Waals surface area contributed by atoms with E-state index in [4.69, 9.17) is 5.84 Å². The lowest BCUT2D eigenvalue weighted by Crippen LogP contribution is -2.14.